The topological polar surface area (TPSA) is 55.1 Å². The Balaban J connectivity index is 2.51. The number of rotatable bonds is 3. The number of carboxylic acid groups (broad SMARTS) is 1. The second-order valence-electron chi connectivity index (χ2n) is 3.71. The van der Waals surface area contributed by atoms with Crippen LogP contribution in [0.15, 0.2) is 30.5 Å². The maximum Gasteiger partial charge on any atom is 0.309 e. The second kappa shape index (κ2) is 4.37. The summed E-state index contributed by atoms with van der Waals surface area (Å²) >= 11 is 0. The maximum absolute atomic E-state index is 13.6. The third kappa shape index (κ3) is 2.33. The van der Waals surface area contributed by atoms with Gasteiger partial charge in [-0.05, 0) is 6.07 Å². The van der Waals surface area contributed by atoms with Gasteiger partial charge in [-0.3, -0.25) is 9.48 Å². The normalized spacial score (nSPS) is 10.5. The van der Waals surface area contributed by atoms with E-state index in [9.17, 15) is 9.18 Å². The molecule has 1 heterocycles. The van der Waals surface area contributed by atoms with Crippen molar-refractivity contribution >= 4 is 5.97 Å². The van der Waals surface area contributed by atoms with Crippen molar-refractivity contribution < 1.29 is 14.3 Å². The number of hydrogen-bond acceptors (Lipinski definition) is 2. The van der Waals surface area contributed by atoms with Gasteiger partial charge in [-0.25, -0.2) is 4.39 Å². The monoisotopic (exact) mass is 234 g/mol. The van der Waals surface area contributed by atoms with Crippen LogP contribution in [0.4, 0.5) is 4.39 Å². The second-order valence-corrected chi connectivity index (χ2v) is 3.71. The largest absolute Gasteiger partial charge is 0.481 e. The van der Waals surface area contributed by atoms with Gasteiger partial charge >= 0.3 is 5.97 Å². The van der Waals surface area contributed by atoms with E-state index in [0.29, 0.717) is 16.8 Å². The van der Waals surface area contributed by atoms with Gasteiger partial charge in [-0.2, -0.15) is 5.10 Å². The van der Waals surface area contributed by atoms with Gasteiger partial charge in [0, 0.05) is 24.4 Å². The third-order valence-electron chi connectivity index (χ3n) is 2.39. The van der Waals surface area contributed by atoms with E-state index in [2.05, 4.69) is 5.10 Å². The van der Waals surface area contributed by atoms with Crippen LogP contribution >= 0.6 is 0 Å². The zero-order chi connectivity index (χ0) is 12.4. The number of halogens is 1. The molecule has 0 aliphatic rings. The van der Waals surface area contributed by atoms with E-state index in [4.69, 9.17) is 5.11 Å². The average molecular weight is 234 g/mol. The number of aliphatic carboxylic acids is 1. The SMILES string of the molecule is Cn1cc(-c2ccccc2F)c(CC(=O)O)n1. The molecule has 0 unspecified atom stereocenters. The third-order valence-corrected chi connectivity index (χ3v) is 2.39. The molecule has 2 aromatic rings. The van der Waals surface area contributed by atoms with E-state index < -0.39 is 5.97 Å². The highest BCUT2D eigenvalue weighted by molar-refractivity contribution is 5.75. The molecule has 0 spiro atoms. The Morgan fingerprint density at radius 1 is 1.41 bits per heavy atom. The number of nitrogens with zero attached hydrogens (tertiary/aromatic N) is 2. The van der Waals surface area contributed by atoms with Crippen molar-refractivity contribution in [2.24, 2.45) is 7.05 Å². The molecule has 5 heteroatoms. The number of aryl methyl sites for hydroxylation is 1. The van der Waals surface area contributed by atoms with Crippen LogP contribution in [0.25, 0.3) is 11.1 Å². The standard InChI is InChI=1S/C12H11FN2O2/c1-15-7-9(11(14-15)6-12(16)17)8-4-2-3-5-10(8)13/h2-5,7H,6H2,1H3,(H,16,17). The Morgan fingerprint density at radius 3 is 2.76 bits per heavy atom. The summed E-state index contributed by atoms with van der Waals surface area (Å²) in [6.07, 6.45) is 1.40. The molecular formula is C12H11FN2O2. The van der Waals surface area contributed by atoms with E-state index in [1.54, 1.807) is 31.4 Å². The van der Waals surface area contributed by atoms with Crippen LogP contribution in [0.5, 0.6) is 0 Å². The molecule has 2 rings (SSSR count). The highest BCUT2D eigenvalue weighted by Gasteiger charge is 2.15. The minimum absolute atomic E-state index is 0.218. The minimum atomic E-state index is -0.985. The van der Waals surface area contributed by atoms with E-state index in [1.807, 2.05) is 0 Å². The minimum Gasteiger partial charge on any atom is -0.481 e. The molecule has 0 fully saturated rings. The molecule has 1 aromatic carbocycles. The van der Waals surface area contributed by atoms with E-state index >= 15 is 0 Å². The molecule has 1 N–H and O–H groups in total. The van der Waals surface area contributed by atoms with Crippen molar-refractivity contribution in [2.45, 2.75) is 6.42 Å². The quantitative estimate of drug-likeness (QED) is 0.881. The Hall–Kier alpha value is -2.17. The highest BCUT2D eigenvalue weighted by Crippen LogP contribution is 2.25. The molecule has 0 aliphatic carbocycles. The van der Waals surface area contributed by atoms with Crippen molar-refractivity contribution in [1.29, 1.82) is 0 Å². The summed E-state index contributed by atoms with van der Waals surface area (Å²) in [5, 5.41) is 12.8. The highest BCUT2D eigenvalue weighted by atomic mass is 19.1. The molecule has 0 radical (unpaired) electrons. The van der Waals surface area contributed by atoms with E-state index in [0.717, 1.165) is 0 Å². The smallest absolute Gasteiger partial charge is 0.309 e. The van der Waals surface area contributed by atoms with Crippen molar-refractivity contribution in [3.63, 3.8) is 0 Å². The van der Waals surface area contributed by atoms with E-state index in [-0.39, 0.29) is 12.2 Å². The van der Waals surface area contributed by atoms with Crippen LogP contribution in [0.3, 0.4) is 0 Å². The first-order valence-corrected chi connectivity index (χ1v) is 5.07. The average Bonchev–Trinajstić information content (AvgIpc) is 2.59. The van der Waals surface area contributed by atoms with Gasteiger partial charge in [0.2, 0.25) is 0 Å². The first kappa shape index (κ1) is 11.3. The molecule has 88 valence electrons. The van der Waals surface area contributed by atoms with Crippen LogP contribution in [0, 0.1) is 5.82 Å². The Bertz CT molecular complexity index is 563. The Kier molecular flexibility index (Phi) is 2.91. The summed E-state index contributed by atoms with van der Waals surface area (Å²) in [6.45, 7) is 0. The summed E-state index contributed by atoms with van der Waals surface area (Å²) in [7, 11) is 1.68. The lowest BCUT2D eigenvalue weighted by molar-refractivity contribution is -0.136. The summed E-state index contributed by atoms with van der Waals surface area (Å²) in [4.78, 5) is 10.7. The van der Waals surface area contributed by atoms with Gasteiger partial charge in [0.25, 0.3) is 0 Å². The fourth-order valence-corrected chi connectivity index (χ4v) is 1.71. The number of benzene rings is 1. The van der Waals surface area contributed by atoms with Crippen LogP contribution in [-0.2, 0) is 18.3 Å². The van der Waals surface area contributed by atoms with Crippen LogP contribution < -0.4 is 0 Å². The van der Waals surface area contributed by atoms with Gasteiger partial charge in [0.15, 0.2) is 0 Å². The number of carbonyl (C=O) groups is 1. The zero-order valence-electron chi connectivity index (χ0n) is 9.22. The fraction of sp³-hybridized carbons (Fsp3) is 0.167. The lowest BCUT2D eigenvalue weighted by Crippen LogP contribution is -2.03. The number of carboxylic acids is 1. The first-order chi connectivity index (χ1) is 8.08. The predicted molar refractivity (Wildman–Crippen MR) is 59.9 cm³/mol. The lowest BCUT2D eigenvalue weighted by atomic mass is 10.0. The van der Waals surface area contributed by atoms with Crippen molar-refractivity contribution in [3.05, 3.63) is 42.0 Å². The molecule has 0 saturated carbocycles. The van der Waals surface area contributed by atoms with Crippen molar-refractivity contribution in [1.82, 2.24) is 9.78 Å². The van der Waals surface area contributed by atoms with Gasteiger partial charge in [-0.1, -0.05) is 18.2 Å². The lowest BCUT2D eigenvalue weighted by Gasteiger charge is -2.01. The maximum atomic E-state index is 13.6. The van der Waals surface area contributed by atoms with Gasteiger partial charge in [0.1, 0.15) is 5.82 Å². The van der Waals surface area contributed by atoms with Crippen molar-refractivity contribution in [3.8, 4) is 11.1 Å². The number of hydrogen-bond donors (Lipinski definition) is 1. The van der Waals surface area contributed by atoms with Crippen LogP contribution in [0.1, 0.15) is 5.69 Å². The Labute approximate surface area is 97.3 Å². The van der Waals surface area contributed by atoms with Crippen molar-refractivity contribution in [2.75, 3.05) is 0 Å². The molecule has 0 amide bonds. The first-order valence-electron chi connectivity index (χ1n) is 5.07. The molecule has 0 atom stereocenters. The van der Waals surface area contributed by atoms with Gasteiger partial charge < -0.3 is 5.11 Å². The zero-order valence-corrected chi connectivity index (χ0v) is 9.22. The summed E-state index contributed by atoms with van der Waals surface area (Å²) in [6, 6.07) is 6.24. The molecule has 0 aliphatic heterocycles. The molecule has 1 aromatic heterocycles. The van der Waals surface area contributed by atoms with Gasteiger partial charge in [0.05, 0.1) is 12.1 Å². The van der Waals surface area contributed by atoms with E-state index in [1.165, 1.54) is 10.7 Å². The number of aromatic nitrogens is 2. The molecule has 0 bridgehead atoms. The van der Waals surface area contributed by atoms with Gasteiger partial charge in [-0.15, -0.1) is 0 Å². The molecule has 0 saturated heterocycles. The van der Waals surface area contributed by atoms with Crippen LogP contribution in [-0.4, -0.2) is 20.9 Å². The molecule has 4 nitrogen and oxygen atoms in total. The molecule has 17 heavy (non-hydrogen) atoms. The fourth-order valence-electron chi connectivity index (χ4n) is 1.71. The Morgan fingerprint density at radius 2 is 2.12 bits per heavy atom. The summed E-state index contributed by atoms with van der Waals surface area (Å²) in [5.41, 5.74) is 1.26. The summed E-state index contributed by atoms with van der Waals surface area (Å²) < 4.78 is 15.1. The predicted octanol–water partition coefficient (Wildman–Crippen LogP) is 1.85. The molecular weight excluding hydrogens is 223 g/mol. The van der Waals surface area contributed by atoms with Crippen LogP contribution in [0.2, 0.25) is 0 Å². The summed E-state index contributed by atoms with van der Waals surface area (Å²) in [5.74, 6) is -1.37.